The van der Waals surface area contributed by atoms with Crippen molar-refractivity contribution in [3.05, 3.63) is 72.0 Å². The van der Waals surface area contributed by atoms with Gasteiger partial charge in [-0.15, -0.1) is 11.6 Å². The fraction of sp³-hybridized carbons (Fsp3) is 0.0952. The molecule has 1 unspecified atom stereocenters. The highest BCUT2D eigenvalue weighted by Crippen LogP contribution is 2.26. The summed E-state index contributed by atoms with van der Waals surface area (Å²) in [7, 11) is 0. The summed E-state index contributed by atoms with van der Waals surface area (Å²) >= 11 is 6.57. The SMILES string of the molecule is C=Cn1c2c(c3cc(-c4ccc(O)cc4)ccc31)=CC(C)(Cl)C=CN=2. The van der Waals surface area contributed by atoms with E-state index in [0.717, 1.165) is 32.7 Å². The molecule has 3 nitrogen and oxygen atoms in total. The summed E-state index contributed by atoms with van der Waals surface area (Å²) in [6, 6.07) is 13.4. The molecule has 2 heterocycles. The fourth-order valence-corrected chi connectivity index (χ4v) is 3.37. The van der Waals surface area contributed by atoms with E-state index < -0.39 is 4.87 Å². The molecule has 124 valence electrons. The van der Waals surface area contributed by atoms with Crippen LogP contribution >= 0.6 is 11.6 Å². The van der Waals surface area contributed by atoms with Crippen LogP contribution in [0.5, 0.6) is 5.75 Å². The van der Waals surface area contributed by atoms with Crippen LogP contribution in [-0.2, 0) is 0 Å². The largest absolute Gasteiger partial charge is 0.508 e. The van der Waals surface area contributed by atoms with Gasteiger partial charge < -0.3 is 9.67 Å². The van der Waals surface area contributed by atoms with Gasteiger partial charge in [0.2, 0.25) is 0 Å². The van der Waals surface area contributed by atoms with Crippen LogP contribution in [0.3, 0.4) is 0 Å². The Bertz CT molecular complexity index is 1140. The first kappa shape index (κ1) is 15.7. The highest BCUT2D eigenvalue weighted by Gasteiger charge is 2.18. The molecular formula is C21H17ClN2O. The van der Waals surface area contributed by atoms with Crippen molar-refractivity contribution in [1.29, 1.82) is 0 Å². The Balaban J connectivity index is 2.07. The van der Waals surface area contributed by atoms with E-state index in [1.54, 1.807) is 24.5 Å². The zero-order valence-electron chi connectivity index (χ0n) is 13.8. The van der Waals surface area contributed by atoms with Crippen LogP contribution in [0.15, 0.2) is 66.3 Å². The first-order valence-electron chi connectivity index (χ1n) is 8.02. The number of halogens is 1. The second-order valence-electron chi connectivity index (χ2n) is 6.31. The number of aromatic hydroxyl groups is 1. The second-order valence-corrected chi connectivity index (χ2v) is 7.12. The lowest BCUT2D eigenvalue weighted by atomic mass is 10.0. The van der Waals surface area contributed by atoms with E-state index >= 15 is 0 Å². The fourth-order valence-electron chi connectivity index (χ4n) is 3.20. The second kappa shape index (κ2) is 5.64. The van der Waals surface area contributed by atoms with Gasteiger partial charge in [0.05, 0.1) is 10.4 Å². The number of rotatable bonds is 2. The third kappa shape index (κ3) is 2.67. The Morgan fingerprint density at radius 2 is 1.88 bits per heavy atom. The van der Waals surface area contributed by atoms with Crippen molar-refractivity contribution in [2.75, 3.05) is 0 Å². The van der Waals surface area contributed by atoms with Crippen LogP contribution in [0.1, 0.15) is 6.92 Å². The van der Waals surface area contributed by atoms with Crippen molar-refractivity contribution < 1.29 is 5.11 Å². The topological polar surface area (TPSA) is 37.5 Å². The van der Waals surface area contributed by atoms with E-state index in [0.29, 0.717) is 0 Å². The number of aromatic nitrogens is 1. The van der Waals surface area contributed by atoms with Gasteiger partial charge in [-0.3, -0.25) is 0 Å². The third-order valence-electron chi connectivity index (χ3n) is 4.42. The molecule has 1 aliphatic rings. The number of hydrogen-bond donors (Lipinski definition) is 1. The van der Waals surface area contributed by atoms with E-state index in [1.165, 1.54) is 0 Å². The van der Waals surface area contributed by atoms with E-state index in [2.05, 4.69) is 29.8 Å². The Labute approximate surface area is 150 Å². The van der Waals surface area contributed by atoms with Gasteiger partial charge in [0.15, 0.2) is 0 Å². The summed E-state index contributed by atoms with van der Waals surface area (Å²) in [6.07, 6.45) is 7.41. The van der Waals surface area contributed by atoms with Crippen LogP contribution in [-0.4, -0.2) is 14.5 Å². The smallest absolute Gasteiger partial charge is 0.144 e. The molecule has 2 aromatic carbocycles. The standard InChI is InChI=1S/C21H17ClN2O/c1-3-24-19-9-6-15(14-4-7-16(25)8-5-14)12-17(19)18-13-21(2,22)10-11-23-20(18)24/h3-13,25H,1H2,2H3. The molecular weight excluding hydrogens is 332 g/mol. The van der Waals surface area contributed by atoms with Gasteiger partial charge in [-0.25, -0.2) is 4.99 Å². The van der Waals surface area contributed by atoms with Gasteiger partial charge >= 0.3 is 0 Å². The lowest BCUT2D eigenvalue weighted by molar-refractivity contribution is 0.475. The Morgan fingerprint density at radius 1 is 1.16 bits per heavy atom. The highest BCUT2D eigenvalue weighted by atomic mass is 35.5. The lowest BCUT2D eigenvalue weighted by Crippen LogP contribution is -2.28. The van der Waals surface area contributed by atoms with Crippen molar-refractivity contribution in [2.24, 2.45) is 4.99 Å². The Hall–Kier alpha value is -2.78. The van der Waals surface area contributed by atoms with Crippen molar-refractivity contribution in [3.8, 4) is 16.9 Å². The molecule has 0 radical (unpaired) electrons. The van der Waals surface area contributed by atoms with Gasteiger partial charge in [-0.05, 0) is 54.5 Å². The molecule has 4 heteroatoms. The summed E-state index contributed by atoms with van der Waals surface area (Å²) in [6.45, 7) is 5.86. The average molecular weight is 349 g/mol. The minimum absolute atomic E-state index is 0.257. The van der Waals surface area contributed by atoms with Crippen LogP contribution in [0.4, 0.5) is 0 Å². The van der Waals surface area contributed by atoms with Gasteiger partial charge in [0, 0.05) is 23.0 Å². The molecule has 1 N–H and O–H groups in total. The van der Waals surface area contributed by atoms with Crippen LogP contribution in [0.25, 0.3) is 34.3 Å². The van der Waals surface area contributed by atoms with Crippen LogP contribution in [0, 0.1) is 0 Å². The Morgan fingerprint density at radius 3 is 2.60 bits per heavy atom. The highest BCUT2D eigenvalue weighted by molar-refractivity contribution is 6.28. The van der Waals surface area contributed by atoms with Gasteiger partial charge in [0.1, 0.15) is 11.2 Å². The van der Waals surface area contributed by atoms with Gasteiger partial charge in [0.25, 0.3) is 0 Å². The zero-order valence-corrected chi connectivity index (χ0v) is 14.5. The predicted octanol–water partition coefficient (Wildman–Crippen LogP) is 4.04. The number of phenols is 1. The minimum Gasteiger partial charge on any atom is -0.508 e. The number of phenolic OH excluding ortho intramolecular Hbond substituents is 1. The molecule has 1 aliphatic heterocycles. The molecule has 0 fully saturated rings. The normalized spacial score (nSPS) is 19.0. The summed E-state index contributed by atoms with van der Waals surface area (Å²) in [5.74, 6) is 0.257. The zero-order chi connectivity index (χ0) is 17.6. The van der Waals surface area contributed by atoms with Crippen molar-refractivity contribution in [3.63, 3.8) is 0 Å². The molecule has 0 aliphatic carbocycles. The Kier molecular flexibility index (Phi) is 3.55. The summed E-state index contributed by atoms with van der Waals surface area (Å²) in [5.41, 5.74) is 3.97. The third-order valence-corrected chi connectivity index (χ3v) is 4.66. The molecule has 25 heavy (non-hydrogen) atoms. The van der Waals surface area contributed by atoms with Crippen molar-refractivity contribution >= 4 is 34.8 Å². The number of hydrogen-bond acceptors (Lipinski definition) is 2. The maximum atomic E-state index is 9.50. The van der Waals surface area contributed by atoms with Gasteiger partial charge in [-0.2, -0.15) is 0 Å². The maximum absolute atomic E-state index is 9.50. The molecule has 4 rings (SSSR count). The molecule has 0 saturated heterocycles. The van der Waals surface area contributed by atoms with Gasteiger partial charge in [-0.1, -0.05) is 24.8 Å². The number of alkyl halides is 1. The molecule has 0 spiro atoms. The van der Waals surface area contributed by atoms with E-state index in [1.807, 2.05) is 35.8 Å². The number of benzene rings is 2. The van der Waals surface area contributed by atoms with Crippen LogP contribution < -0.4 is 10.7 Å². The molecule has 0 amide bonds. The van der Waals surface area contributed by atoms with E-state index in [4.69, 9.17) is 11.6 Å². The maximum Gasteiger partial charge on any atom is 0.144 e. The first-order chi connectivity index (χ1) is 12.0. The summed E-state index contributed by atoms with van der Waals surface area (Å²) in [5, 5.41) is 11.6. The van der Waals surface area contributed by atoms with E-state index in [-0.39, 0.29) is 5.75 Å². The van der Waals surface area contributed by atoms with E-state index in [9.17, 15) is 5.11 Å². The number of allylic oxidation sites excluding steroid dienone is 1. The minimum atomic E-state index is -0.594. The first-order valence-corrected chi connectivity index (χ1v) is 8.39. The molecule has 3 aromatic rings. The van der Waals surface area contributed by atoms with Crippen LogP contribution in [0.2, 0.25) is 0 Å². The number of nitrogens with zero attached hydrogens (tertiary/aromatic N) is 2. The monoisotopic (exact) mass is 348 g/mol. The summed E-state index contributed by atoms with van der Waals surface area (Å²) < 4.78 is 1.98. The molecule has 1 aromatic heterocycles. The van der Waals surface area contributed by atoms with Crippen molar-refractivity contribution in [1.82, 2.24) is 4.57 Å². The van der Waals surface area contributed by atoms with Crippen molar-refractivity contribution in [2.45, 2.75) is 11.8 Å². The quantitative estimate of drug-likeness (QED) is 0.697. The molecule has 1 atom stereocenters. The molecule has 0 saturated carbocycles. The predicted molar refractivity (Wildman–Crippen MR) is 104 cm³/mol. The summed E-state index contributed by atoms with van der Waals surface area (Å²) in [4.78, 5) is 3.97. The number of fused-ring (bicyclic) bond motifs is 3. The average Bonchev–Trinajstić information content (AvgIpc) is 2.76. The molecule has 0 bridgehead atoms. The lowest BCUT2D eigenvalue weighted by Gasteiger charge is -2.09.